The van der Waals surface area contributed by atoms with Crippen LogP contribution in [0, 0.1) is 0 Å². The average Bonchev–Trinajstić information content (AvgIpc) is 2.32. The number of rotatable bonds is 3. The van der Waals surface area contributed by atoms with E-state index in [1.165, 1.54) is 4.90 Å². The van der Waals surface area contributed by atoms with Crippen LogP contribution in [-0.2, 0) is 9.59 Å². The minimum absolute atomic E-state index is 0.106. The lowest BCUT2D eigenvalue weighted by molar-refractivity contribution is -0.143. The van der Waals surface area contributed by atoms with Crippen molar-refractivity contribution in [1.29, 1.82) is 0 Å². The SMILES string of the molecule is NC1(C(=O)O)CCN(CC(=O)O)C1. The van der Waals surface area contributed by atoms with Crippen LogP contribution in [0.1, 0.15) is 6.42 Å². The molecule has 1 fully saturated rings. The molecule has 0 aromatic heterocycles. The molecule has 1 heterocycles. The van der Waals surface area contributed by atoms with Gasteiger partial charge in [0.1, 0.15) is 5.54 Å². The van der Waals surface area contributed by atoms with Gasteiger partial charge < -0.3 is 15.9 Å². The predicted octanol–water partition coefficient (Wildman–Crippen LogP) is -1.44. The molecule has 4 N–H and O–H groups in total. The van der Waals surface area contributed by atoms with Crippen LogP contribution in [0.5, 0.6) is 0 Å². The van der Waals surface area contributed by atoms with E-state index in [2.05, 4.69) is 0 Å². The smallest absolute Gasteiger partial charge is 0.325 e. The second kappa shape index (κ2) is 3.31. The summed E-state index contributed by atoms with van der Waals surface area (Å²) in [5, 5.41) is 17.2. The zero-order chi connectivity index (χ0) is 10.1. The van der Waals surface area contributed by atoms with Crippen LogP contribution >= 0.6 is 0 Å². The number of carboxylic acids is 2. The van der Waals surface area contributed by atoms with E-state index in [-0.39, 0.29) is 13.1 Å². The zero-order valence-corrected chi connectivity index (χ0v) is 7.06. The number of nitrogens with two attached hydrogens (primary N) is 1. The van der Waals surface area contributed by atoms with Crippen molar-refractivity contribution >= 4 is 11.9 Å². The van der Waals surface area contributed by atoms with E-state index in [0.29, 0.717) is 13.0 Å². The third-order valence-electron chi connectivity index (χ3n) is 2.16. The van der Waals surface area contributed by atoms with Crippen LogP contribution in [0.4, 0.5) is 0 Å². The van der Waals surface area contributed by atoms with Crippen molar-refractivity contribution in [2.45, 2.75) is 12.0 Å². The predicted molar refractivity (Wildman–Crippen MR) is 43.2 cm³/mol. The fraction of sp³-hybridized carbons (Fsp3) is 0.714. The number of hydrogen-bond donors (Lipinski definition) is 3. The Morgan fingerprint density at radius 1 is 1.46 bits per heavy atom. The van der Waals surface area contributed by atoms with E-state index in [9.17, 15) is 9.59 Å². The summed E-state index contributed by atoms with van der Waals surface area (Å²) in [6.45, 7) is 0.385. The number of hydrogen-bond acceptors (Lipinski definition) is 4. The lowest BCUT2D eigenvalue weighted by atomic mass is 10.0. The zero-order valence-electron chi connectivity index (χ0n) is 7.06. The molecule has 6 nitrogen and oxygen atoms in total. The summed E-state index contributed by atoms with van der Waals surface area (Å²) >= 11 is 0. The molecule has 74 valence electrons. The van der Waals surface area contributed by atoms with Crippen LogP contribution in [-0.4, -0.2) is 52.2 Å². The topological polar surface area (TPSA) is 104 Å². The van der Waals surface area contributed by atoms with Crippen LogP contribution in [0.25, 0.3) is 0 Å². The normalized spacial score (nSPS) is 29.0. The van der Waals surface area contributed by atoms with Gasteiger partial charge in [0.2, 0.25) is 0 Å². The van der Waals surface area contributed by atoms with Crippen molar-refractivity contribution in [2.24, 2.45) is 5.73 Å². The highest BCUT2D eigenvalue weighted by atomic mass is 16.4. The van der Waals surface area contributed by atoms with E-state index in [0.717, 1.165) is 0 Å². The summed E-state index contributed by atoms with van der Waals surface area (Å²) in [7, 11) is 0. The van der Waals surface area contributed by atoms with Crippen LogP contribution < -0.4 is 5.73 Å². The van der Waals surface area contributed by atoms with E-state index in [1.54, 1.807) is 0 Å². The molecule has 1 aliphatic heterocycles. The molecule has 0 bridgehead atoms. The van der Waals surface area contributed by atoms with Crippen molar-refractivity contribution in [2.75, 3.05) is 19.6 Å². The van der Waals surface area contributed by atoms with Crippen LogP contribution in [0.3, 0.4) is 0 Å². The fourth-order valence-corrected chi connectivity index (χ4v) is 1.42. The van der Waals surface area contributed by atoms with Crippen LogP contribution in [0.15, 0.2) is 0 Å². The summed E-state index contributed by atoms with van der Waals surface area (Å²) in [5.74, 6) is -2.03. The lowest BCUT2D eigenvalue weighted by Gasteiger charge is -2.18. The molecule has 0 amide bonds. The minimum atomic E-state index is -1.27. The highest BCUT2D eigenvalue weighted by Crippen LogP contribution is 2.18. The number of carboxylic acid groups (broad SMARTS) is 2. The van der Waals surface area contributed by atoms with Crippen molar-refractivity contribution in [3.63, 3.8) is 0 Å². The number of likely N-dealkylation sites (tertiary alicyclic amines) is 1. The second-order valence-corrected chi connectivity index (χ2v) is 3.32. The molecule has 0 aromatic rings. The summed E-state index contributed by atoms with van der Waals surface area (Å²) < 4.78 is 0. The standard InChI is InChI=1S/C7H12N2O4/c8-7(6(12)13)1-2-9(4-7)3-5(10)11/h1-4,8H2,(H,10,11)(H,12,13). The van der Waals surface area contributed by atoms with Gasteiger partial charge in [-0.1, -0.05) is 0 Å². The molecule has 1 rings (SSSR count). The Morgan fingerprint density at radius 3 is 2.46 bits per heavy atom. The van der Waals surface area contributed by atoms with Crippen LogP contribution in [0.2, 0.25) is 0 Å². The average molecular weight is 188 g/mol. The molecule has 0 spiro atoms. The first-order valence-electron chi connectivity index (χ1n) is 3.90. The monoisotopic (exact) mass is 188 g/mol. The molecular formula is C7H12N2O4. The van der Waals surface area contributed by atoms with E-state index in [1.807, 2.05) is 0 Å². The van der Waals surface area contributed by atoms with Gasteiger partial charge in [-0.05, 0) is 6.42 Å². The Hall–Kier alpha value is -1.14. The highest BCUT2D eigenvalue weighted by molar-refractivity contribution is 5.79. The Balaban J connectivity index is 2.53. The Kier molecular flexibility index (Phi) is 2.53. The van der Waals surface area contributed by atoms with Crippen molar-refractivity contribution in [3.05, 3.63) is 0 Å². The first-order chi connectivity index (χ1) is 5.94. The molecular weight excluding hydrogens is 176 g/mol. The molecule has 0 radical (unpaired) electrons. The summed E-state index contributed by atoms with van der Waals surface area (Å²) in [6.07, 6.45) is 0.301. The quantitative estimate of drug-likeness (QED) is 0.501. The van der Waals surface area contributed by atoms with Gasteiger partial charge in [0.15, 0.2) is 0 Å². The third-order valence-corrected chi connectivity index (χ3v) is 2.16. The van der Waals surface area contributed by atoms with Crippen molar-refractivity contribution in [3.8, 4) is 0 Å². The lowest BCUT2D eigenvalue weighted by Crippen LogP contribution is -2.50. The van der Waals surface area contributed by atoms with Gasteiger partial charge in [-0.3, -0.25) is 14.5 Å². The first kappa shape index (κ1) is 9.94. The fourth-order valence-electron chi connectivity index (χ4n) is 1.42. The number of aliphatic carboxylic acids is 2. The number of nitrogens with zero attached hydrogens (tertiary/aromatic N) is 1. The van der Waals surface area contributed by atoms with E-state index < -0.39 is 17.5 Å². The summed E-state index contributed by atoms with van der Waals surface area (Å²) in [5.41, 5.74) is 4.27. The molecule has 0 aromatic carbocycles. The van der Waals surface area contributed by atoms with Gasteiger partial charge in [-0.15, -0.1) is 0 Å². The van der Waals surface area contributed by atoms with Gasteiger partial charge in [-0.2, -0.15) is 0 Å². The number of carbonyl (C=O) groups is 2. The van der Waals surface area contributed by atoms with Crippen molar-refractivity contribution < 1.29 is 19.8 Å². The Bertz CT molecular complexity index is 243. The molecule has 0 saturated carbocycles. The Labute approximate surface area is 74.9 Å². The molecule has 13 heavy (non-hydrogen) atoms. The minimum Gasteiger partial charge on any atom is -0.480 e. The van der Waals surface area contributed by atoms with E-state index in [4.69, 9.17) is 15.9 Å². The first-order valence-corrected chi connectivity index (χ1v) is 3.90. The molecule has 1 aliphatic rings. The maximum Gasteiger partial charge on any atom is 0.325 e. The van der Waals surface area contributed by atoms with Gasteiger partial charge >= 0.3 is 11.9 Å². The van der Waals surface area contributed by atoms with Gasteiger partial charge in [0.05, 0.1) is 6.54 Å². The molecule has 1 unspecified atom stereocenters. The van der Waals surface area contributed by atoms with E-state index >= 15 is 0 Å². The van der Waals surface area contributed by atoms with Gasteiger partial charge in [0, 0.05) is 13.1 Å². The summed E-state index contributed by atoms with van der Waals surface area (Å²) in [4.78, 5) is 22.5. The van der Waals surface area contributed by atoms with Gasteiger partial charge in [0.25, 0.3) is 0 Å². The Morgan fingerprint density at radius 2 is 2.08 bits per heavy atom. The van der Waals surface area contributed by atoms with Crippen molar-refractivity contribution in [1.82, 2.24) is 4.90 Å². The highest BCUT2D eigenvalue weighted by Gasteiger charge is 2.41. The molecule has 0 aliphatic carbocycles. The summed E-state index contributed by atoms with van der Waals surface area (Å²) in [6, 6.07) is 0. The largest absolute Gasteiger partial charge is 0.480 e. The molecule has 1 saturated heterocycles. The maximum atomic E-state index is 10.7. The molecule has 6 heteroatoms. The third kappa shape index (κ3) is 2.16. The maximum absolute atomic E-state index is 10.7. The van der Waals surface area contributed by atoms with Gasteiger partial charge in [-0.25, -0.2) is 0 Å². The second-order valence-electron chi connectivity index (χ2n) is 3.32. The molecule has 1 atom stereocenters.